The highest BCUT2D eigenvalue weighted by Crippen LogP contribution is 2.38. The van der Waals surface area contributed by atoms with Crippen molar-refractivity contribution in [3.05, 3.63) is 46.5 Å². The van der Waals surface area contributed by atoms with Crippen LogP contribution in [0.3, 0.4) is 0 Å². The van der Waals surface area contributed by atoms with Crippen LogP contribution in [0.15, 0.2) is 40.6 Å². The molecule has 0 aliphatic rings. The molecule has 8 heteroatoms. The standard InChI is InChI=1S/C11H10N2O4S2/c1-19(16,17)10-7-9(13(14)15)11(18-10)12-8-5-3-2-4-6-8/h2-7,12H,1H3. The fourth-order valence-corrected chi connectivity index (χ4v) is 3.38. The van der Waals surface area contributed by atoms with Gasteiger partial charge in [-0.15, -0.1) is 0 Å². The number of thiophene rings is 1. The van der Waals surface area contributed by atoms with Crippen molar-refractivity contribution in [2.45, 2.75) is 4.21 Å². The predicted molar refractivity (Wildman–Crippen MR) is 73.8 cm³/mol. The van der Waals surface area contributed by atoms with Crippen LogP contribution in [0.25, 0.3) is 0 Å². The van der Waals surface area contributed by atoms with E-state index in [2.05, 4.69) is 5.32 Å². The zero-order chi connectivity index (χ0) is 14.0. The molecule has 0 bridgehead atoms. The summed E-state index contributed by atoms with van der Waals surface area (Å²) in [5.41, 5.74) is 0.418. The topological polar surface area (TPSA) is 89.3 Å². The van der Waals surface area contributed by atoms with Crippen molar-refractivity contribution in [2.24, 2.45) is 0 Å². The molecule has 0 saturated carbocycles. The molecular formula is C11H10N2O4S2. The highest BCUT2D eigenvalue weighted by molar-refractivity contribution is 7.92. The van der Waals surface area contributed by atoms with Gasteiger partial charge in [0.05, 0.1) is 4.92 Å². The minimum absolute atomic E-state index is 0.0300. The molecule has 0 spiro atoms. The minimum Gasteiger partial charge on any atom is -0.341 e. The van der Waals surface area contributed by atoms with Gasteiger partial charge >= 0.3 is 5.69 Å². The highest BCUT2D eigenvalue weighted by Gasteiger charge is 2.23. The van der Waals surface area contributed by atoms with E-state index in [1.165, 1.54) is 0 Å². The Balaban J connectivity index is 2.45. The molecule has 1 N–H and O–H groups in total. The molecule has 0 atom stereocenters. The molecule has 1 aromatic heterocycles. The Morgan fingerprint density at radius 1 is 1.26 bits per heavy atom. The van der Waals surface area contributed by atoms with Crippen molar-refractivity contribution in [1.82, 2.24) is 0 Å². The molecule has 1 aromatic carbocycles. The Morgan fingerprint density at radius 2 is 1.89 bits per heavy atom. The van der Waals surface area contributed by atoms with E-state index in [0.29, 0.717) is 5.69 Å². The molecule has 2 rings (SSSR count). The number of nitro groups is 1. The molecule has 0 aliphatic carbocycles. The lowest BCUT2D eigenvalue weighted by atomic mass is 10.3. The molecule has 2 aromatic rings. The van der Waals surface area contributed by atoms with Crippen LogP contribution in [-0.4, -0.2) is 19.6 Å². The molecular weight excluding hydrogens is 288 g/mol. The Kier molecular flexibility index (Phi) is 3.54. The number of hydrogen-bond acceptors (Lipinski definition) is 6. The van der Waals surface area contributed by atoms with E-state index in [1.807, 2.05) is 6.07 Å². The molecule has 0 saturated heterocycles. The van der Waals surface area contributed by atoms with Gasteiger partial charge in [-0.3, -0.25) is 10.1 Å². The summed E-state index contributed by atoms with van der Waals surface area (Å²) in [4.78, 5) is 10.3. The van der Waals surface area contributed by atoms with E-state index in [4.69, 9.17) is 0 Å². The summed E-state index contributed by atoms with van der Waals surface area (Å²) in [5.74, 6) is 0. The molecule has 0 amide bonds. The van der Waals surface area contributed by atoms with E-state index in [-0.39, 0.29) is 14.9 Å². The van der Waals surface area contributed by atoms with Gasteiger partial charge in [-0.2, -0.15) is 0 Å². The molecule has 0 fully saturated rings. The van der Waals surface area contributed by atoms with Gasteiger partial charge in [-0.1, -0.05) is 29.5 Å². The first-order chi connectivity index (χ1) is 8.88. The smallest absolute Gasteiger partial charge is 0.305 e. The van der Waals surface area contributed by atoms with Gasteiger partial charge in [0.1, 0.15) is 4.21 Å². The summed E-state index contributed by atoms with van der Waals surface area (Å²) in [6, 6.07) is 9.92. The zero-order valence-corrected chi connectivity index (χ0v) is 11.5. The average Bonchev–Trinajstić information content (AvgIpc) is 2.74. The Morgan fingerprint density at radius 3 is 2.42 bits per heavy atom. The summed E-state index contributed by atoms with van der Waals surface area (Å²) < 4.78 is 22.8. The van der Waals surface area contributed by atoms with Crippen molar-refractivity contribution in [3.8, 4) is 0 Å². The van der Waals surface area contributed by atoms with Crippen LogP contribution in [0.5, 0.6) is 0 Å². The van der Waals surface area contributed by atoms with Crippen LogP contribution < -0.4 is 5.32 Å². The van der Waals surface area contributed by atoms with Crippen LogP contribution in [0.1, 0.15) is 0 Å². The number of hydrogen-bond donors (Lipinski definition) is 1. The maximum absolute atomic E-state index is 11.4. The van der Waals surface area contributed by atoms with E-state index in [0.717, 1.165) is 23.7 Å². The minimum atomic E-state index is -3.46. The van der Waals surface area contributed by atoms with Crippen LogP contribution in [-0.2, 0) is 9.84 Å². The number of anilines is 2. The van der Waals surface area contributed by atoms with Crippen molar-refractivity contribution in [1.29, 1.82) is 0 Å². The van der Waals surface area contributed by atoms with E-state index < -0.39 is 14.8 Å². The molecule has 6 nitrogen and oxygen atoms in total. The first-order valence-electron chi connectivity index (χ1n) is 5.18. The molecule has 19 heavy (non-hydrogen) atoms. The molecule has 1 heterocycles. The van der Waals surface area contributed by atoms with Gasteiger partial charge in [0, 0.05) is 18.0 Å². The van der Waals surface area contributed by atoms with Gasteiger partial charge in [-0.05, 0) is 12.1 Å². The van der Waals surface area contributed by atoms with Gasteiger partial charge in [0.15, 0.2) is 14.8 Å². The third-order valence-corrected chi connectivity index (χ3v) is 5.13. The van der Waals surface area contributed by atoms with Crippen LogP contribution in [0.4, 0.5) is 16.4 Å². The summed E-state index contributed by atoms with van der Waals surface area (Å²) in [5, 5.41) is 14.0. The van der Waals surface area contributed by atoms with Gasteiger partial charge in [0.2, 0.25) is 0 Å². The normalized spacial score (nSPS) is 11.2. The maximum atomic E-state index is 11.4. The number of nitrogens with zero attached hydrogens (tertiary/aromatic N) is 1. The summed E-state index contributed by atoms with van der Waals surface area (Å²) in [6.45, 7) is 0. The fourth-order valence-electron chi connectivity index (χ4n) is 1.42. The first kappa shape index (κ1) is 13.5. The summed E-state index contributed by atoms with van der Waals surface area (Å²) >= 11 is 0.849. The maximum Gasteiger partial charge on any atom is 0.305 e. The van der Waals surface area contributed by atoms with E-state index >= 15 is 0 Å². The lowest BCUT2D eigenvalue weighted by molar-refractivity contribution is -0.383. The summed E-state index contributed by atoms with van der Waals surface area (Å²) in [6.07, 6.45) is 1.02. The third-order valence-electron chi connectivity index (χ3n) is 2.28. The second-order valence-corrected chi connectivity index (χ2v) is 7.09. The Hall–Kier alpha value is -1.93. The monoisotopic (exact) mass is 298 g/mol. The van der Waals surface area contributed by atoms with Crippen molar-refractivity contribution in [3.63, 3.8) is 0 Å². The lowest BCUT2D eigenvalue weighted by Crippen LogP contribution is -1.93. The average molecular weight is 298 g/mol. The largest absolute Gasteiger partial charge is 0.341 e. The lowest BCUT2D eigenvalue weighted by Gasteiger charge is -2.02. The van der Waals surface area contributed by atoms with Crippen LogP contribution >= 0.6 is 11.3 Å². The van der Waals surface area contributed by atoms with E-state index in [1.54, 1.807) is 24.3 Å². The Bertz CT molecular complexity index is 708. The number of para-hydroxylation sites is 1. The second kappa shape index (κ2) is 4.98. The fraction of sp³-hybridized carbons (Fsp3) is 0.0909. The molecule has 0 unspecified atom stereocenters. The quantitative estimate of drug-likeness (QED) is 0.692. The van der Waals surface area contributed by atoms with Crippen LogP contribution in [0.2, 0.25) is 0 Å². The first-order valence-corrected chi connectivity index (χ1v) is 7.89. The number of sulfone groups is 1. The van der Waals surface area contributed by atoms with Crippen molar-refractivity contribution < 1.29 is 13.3 Å². The molecule has 100 valence electrons. The Labute approximate surface area is 113 Å². The zero-order valence-electron chi connectivity index (χ0n) is 9.86. The SMILES string of the molecule is CS(=O)(=O)c1cc([N+](=O)[O-])c(Nc2ccccc2)s1. The van der Waals surface area contributed by atoms with Gasteiger partial charge in [0.25, 0.3) is 0 Å². The predicted octanol–water partition coefficient (Wildman–Crippen LogP) is 2.80. The van der Waals surface area contributed by atoms with Gasteiger partial charge < -0.3 is 5.32 Å². The van der Waals surface area contributed by atoms with Crippen molar-refractivity contribution >= 4 is 37.5 Å². The highest BCUT2D eigenvalue weighted by atomic mass is 32.2. The van der Waals surface area contributed by atoms with Gasteiger partial charge in [-0.25, -0.2) is 8.42 Å². The summed E-state index contributed by atoms with van der Waals surface area (Å²) in [7, 11) is -3.46. The molecule has 0 aliphatic heterocycles. The van der Waals surface area contributed by atoms with E-state index in [9.17, 15) is 18.5 Å². The van der Waals surface area contributed by atoms with Crippen molar-refractivity contribution in [2.75, 3.05) is 11.6 Å². The van der Waals surface area contributed by atoms with Crippen LogP contribution in [0, 0.1) is 10.1 Å². The number of nitrogens with one attached hydrogen (secondary N) is 1. The molecule has 0 radical (unpaired) electrons. The third kappa shape index (κ3) is 3.09. The second-order valence-electron chi connectivity index (χ2n) is 3.80. The number of benzene rings is 1. The number of rotatable bonds is 4.